The summed E-state index contributed by atoms with van der Waals surface area (Å²) in [4.78, 5) is 0. The number of alkyl halides is 2. The fourth-order valence-corrected chi connectivity index (χ4v) is 2.48. The summed E-state index contributed by atoms with van der Waals surface area (Å²) in [5.41, 5.74) is 2.10. The lowest BCUT2D eigenvalue weighted by atomic mass is 10.0. The van der Waals surface area contributed by atoms with E-state index in [0.29, 0.717) is 11.8 Å². The molecule has 17 heavy (non-hydrogen) atoms. The summed E-state index contributed by atoms with van der Waals surface area (Å²) in [6.07, 6.45) is 1.87. The van der Waals surface area contributed by atoms with Gasteiger partial charge in [-0.1, -0.05) is 13.8 Å². The van der Waals surface area contributed by atoms with Crippen LogP contribution in [0.3, 0.4) is 0 Å². The third-order valence-electron chi connectivity index (χ3n) is 3.22. The van der Waals surface area contributed by atoms with Crippen LogP contribution in [-0.2, 0) is 20.0 Å². The second kappa shape index (κ2) is 6.62. The number of halogens is 2. The molecule has 0 radical (unpaired) electrons. The van der Waals surface area contributed by atoms with Crippen molar-refractivity contribution in [3.63, 3.8) is 0 Å². The number of hydrogen-bond donors (Lipinski definition) is 1. The highest BCUT2D eigenvalue weighted by Gasteiger charge is 2.25. The second-order valence-electron chi connectivity index (χ2n) is 4.36. The molecule has 5 heteroatoms. The van der Waals surface area contributed by atoms with Crippen LogP contribution in [0.2, 0.25) is 0 Å². The second-order valence-corrected chi connectivity index (χ2v) is 4.89. The Morgan fingerprint density at radius 2 is 2.00 bits per heavy atom. The molecule has 3 nitrogen and oxygen atoms in total. The third kappa shape index (κ3) is 3.60. The van der Waals surface area contributed by atoms with Crippen molar-refractivity contribution in [1.82, 2.24) is 15.1 Å². The summed E-state index contributed by atoms with van der Waals surface area (Å²) < 4.78 is 1.91. The van der Waals surface area contributed by atoms with E-state index in [4.69, 9.17) is 23.2 Å². The van der Waals surface area contributed by atoms with Gasteiger partial charge in [-0.3, -0.25) is 4.68 Å². The maximum atomic E-state index is 5.99. The predicted octanol–water partition coefficient (Wildman–Crippen LogP) is 2.70. The fourth-order valence-electron chi connectivity index (χ4n) is 1.63. The van der Waals surface area contributed by atoms with Gasteiger partial charge in [0.2, 0.25) is 0 Å². The highest BCUT2D eigenvalue weighted by molar-refractivity contribution is 6.22. The topological polar surface area (TPSA) is 29.9 Å². The van der Waals surface area contributed by atoms with Crippen LogP contribution in [0.15, 0.2) is 6.07 Å². The van der Waals surface area contributed by atoms with E-state index < -0.39 is 0 Å². The van der Waals surface area contributed by atoms with E-state index in [-0.39, 0.29) is 5.54 Å². The van der Waals surface area contributed by atoms with Crippen LogP contribution in [-0.4, -0.2) is 27.1 Å². The summed E-state index contributed by atoms with van der Waals surface area (Å²) in [6, 6.07) is 2.12. The molecule has 98 valence electrons. The van der Waals surface area contributed by atoms with E-state index in [2.05, 4.69) is 30.3 Å². The predicted molar refractivity (Wildman–Crippen MR) is 73.9 cm³/mol. The van der Waals surface area contributed by atoms with Crippen LogP contribution in [0.1, 0.15) is 31.7 Å². The minimum atomic E-state index is -0.181. The molecular weight excluding hydrogens is 257 g/mol. The molecule has 1 aromatic rings. The van der Waals surface area contributed by atoms with E-state index in [1.54, 1.807) is 0 Å². The van der Waals surface area contributed by atoms with Gasteiger partial charge >= 0.3 is 0 Å². The number of nitrogens with zero attached hydrogens (tertiary/aromatic N) is 2. The van der Waals surface area contributed by atoms with Crippen molar-refractivity contribution in [3.8, 4) is 0 Å². The summed E-state index contributed by atoms with van der Waals surface area (Å²) in [5.74, 6) is 1.04. The Bertz CT molecular complexity index is 337. The van der Waals surface area contributed by atoms with Crippen molar-refractivity contribution >= 4 is 23.2 Å². The molecule has 0 bridgehead atoms. The average Bonchev–Trinajstić information content (AvgIpc) is 2.73. The summed E-state index contributed by atoms with van der Waals surface area (Å²) >= 11 is 12.0. The van der Waals surface area contributed by atoms with Gasteiger partial charge in [0.05, 0.1) is 11.4 Å². The van der Waals surface area contributed by atoms with Crippen molar-refractivity contribution in [1.29, 1.82) is 0 Å². The minimum absolute atomic E-state index is 0.181. The molecule has 0 saturated carbocycles. The Morgan fingerprint density at radius 3 is 2.41 bits per heavy atom. The maximum Gasteiger partial charge on any atom is 0.0625 e. The summed E-state index contributed by atoms with van der Waals surface area (Å²) in [7, 11) is 1.96. The Hall–Kier alpha value is -0.250. The first-order chi connectivity index (χ1) is 8.10. The number of rotatable bonds is 7. The van der Waals surface area contributed by atoms with Gasteiger partial charge in [-0.25, -0.2) is 0 Å². The molecule has 0 atom stereocenters. The molecule has 0 aliphatic heterocycles. The van der Waals surface area contributed by atoms with E-state index >= 15 is 0 Å². The molecular formula is C12H21Cl2N3. The maximum absolute atomic E-state index is 5.99. The highest BCUT2D eigenvalue weighted by Crippen LogP contribution is 2.16. The van der Waals surface area contributed by atoms with Crippen molar-refractivity contribution in [2.75, 3.05) is 11.8 Å². The Kier molecular flexibility index (Phi) is 5.77. The molecule has 0 unspecified atom stereocenters. The molecule has 0 spiro atoms. The van der Waals surface area contributed by atoms with E-state index in [1.807, 2.05) is 11.7 Å². The molecule has 0 fully saturated rings. The zero-order chi connectivity index (χ0) is 12.9. The standard InChI is InChI=1S/C12H21Cl2N3/c1-4-10-6-11(17(3)16-10)7-15-12(5-2,8-13)9-14/h6,15H,4-5,7-9H2,1-3H3. The lowest BCUT2D eigenvalue weighted by Crippen LogP contribution is -2.48. The zero-order valence-electron chi connectivity index (χ0n) is 10.8. The van der Waals surface area contributed by atoms with Gasteiger partial charge in [0.1, 0.15) is 0 Å². The van der Waals surface area contributed by atoms with Crippen molar-refractivity contribution in [2.45, 2.75) is 38.8 Å². The largest absolute Gasteiger partial charge is 0.303 e. The van der Waals surface area contributed by atoms with Gasteiger partial charge < -0.3 is 5.32 Å². The molecule has 0 aromatic carbocycles. The zero-order valence-corrected chi connectivity index (χ0v) is 12.3. The van der Waals surface area contributed by atoms with Crippen LogP contribution in [0.25, 0.3) is 0 Å². The van der Waals surface area contributed by atoms with E-state index in [9.17, 15) is 0 Å². The quantitative estimate of drug-likeness (QED) is 0.777. The van der Waals surface area contributed by atoms with Crippen LogP contribution >= 0.6 is 23.2 Å². The van der Waals surface area contributed by atoms with Crippen molar-refractivity contribution < 1.29 is 0 Å². The van der Waals surface area contributed by atoms with Crippen molar-refractivity contribution in [2.24, 2.45) is 7.05 Å². The third-order valence-corrected chi connectivity index (χ3v) is 4.25. The number of aromatic nitrogens is 2. The lowest BCUT2D eigenvalue weighted by molar-refractivity contribution is 0.378. The Labute approximate surface area is 113 Å². The van der Waals surface area contributed by atoms with Gasteiger partial charge in [-0.05, 0) is 18.9 Å². The first kappa shape index (κ1) is 14.8. The van der Waals surface area contributed by atoms with Crippen LogP contribution < -0.4 is 5.32 Å². The van der Waals surface area contributed by atoms with Gasteiger partial charge in [-0.2, -0.15) is 5.10 Å². The van der Waals surface area contributed by atoms with Crippen LogP contribution in [0.5, 0.6) is 0 Å². The molecule has 0 aliphatic rings. The number of nitrogens with one attached hydrogen (secondary N) is 1. The van der Waals surface area contributed by atoms with Gasteiger partial charge in [0.15, 0.2) is 0 Å². The molecule has 1 rings (SSSR count). The first-order valence-corrected chi connectivity index (χ1v) is 7.06. The summed E-state index contributed by atoms with van der Waals surface area (Å²) in [6.45, 7) is 4.95. The lowest BCUT2D eigenvalue weighted by Gasteiger charge is -2.29. The molecule has 1 N–H and O–H groups in total. The van der Waals surface area contributed by atoms with E-state index in [1.165, 1.54) is 0 Å². The average molecular weight is 278 g/mol. The monoisotopic (exact) mass is 277 g/mol. The molecule has 0 aliphatic carbocycles. The Balaban J connectivity index is 2.68. The van der Waals surface area contributed by atoms with Gasteiger partial charge in [0.25, 0.3) is 0 Å². The number of hydrogen-bond acceptors (Lipinski definition) is 2. The van der Waals surface area contributed by atoms with Gasteiger partial charge in [0, 0.05) is 30.9 Å². The smallest absolute Gasteiger partial charge is 0.0625 e. The highest BCUT2D eigenvalue weighted by atomic mass is 35.5. The molecule has 0 saturated heterocycles. The molecule has 1 heterocycles. The van der Waals surface area contributed by atoms with E-state index in [0.717, 1.165) is 30.8 Å². The Morgan fingerprint density at radius 1 is 1.35 bits per heavy atom. The van der Waals surface area contributed by atoms with Gasteiger partial charge in [-0.15, -0.1) is 23.2 Å². The van der Waals surface area contributed by atoms with Crippen LogP contribution in [0.4, 0.5) is 0 Å². The fraction of sp³-hybridized carbons (Fsp3) is 0.750. The number of aryl methyl sites for hydroxylation is 2. The van der Waals surface area contributed by atoms with Crippen LogP contribution in [0, 0.1) is 0 Å². The molecule has 1 aromatic heterocycles. The molecule has 0 amide bonds. The first-order valence-electron chi connectivity index (χ1n) is 5.99. The van der Waals surface area contributed by atoms with Crippen molar-refractivity contribution in [3.05, 3.63) is 17.5 Å². The normalized spacial score (nSPS) is 12.1. The summed E-state index contributed by atoms with van der Waals surface area (Å²) in [5, 5.41) is 7.87. The SMILES string of the molecule is CCc1cc(CNC(CC)(CCl)CCl)n(C)n1. The minimum Gasteiger partial charge on any atom is -0.303 e.